The molecule has 2 heterocycles. The molecule has 1 amide bonds. The van der Waals surface area contributed by atoms with Gasteiger partial charge in [-0.3, -0.25) is 4.79 Å². The van der Waals surface area contributed by atoms with Gasteiger partial charge in [0.25, 0.3) is 5.91 Å². The first-order chi connectivity index (χ1) is 12.4. The van der Waals surface area contributed by atoms with Gasteiger partial charge in [-0.1, -0.05) is 23.7 Å². The zero-order valence-electron chi connectivity index (χ0n) is 15.7. The van der Waals surface area contributed by atoms with Crippen LogP contribution >= 0.6 is 22.9 Å². The molecule has 0 radical (unpaired) electrons. The highest BCUT2D eigenvalue weighted by molar-refractivity contribution is 7.16. The van der Waals surface area contributed by atoms with Gasteiger partial charge in [-0.15, -0.1) is 11.3 Å². The van der Waals surface area contributed by atoms with Crippen LogP contribution in [0.2, 0.25) is 4.34 Å². The quantitative estimate of drug-likeness (QED) is 0.846. The zero-order valence-corrected chi connectivity index (χ0v) is 17.3. The number of aryl methyl sites for hydroxylation is 1. The predicted molar refractivity (Wildman–Crippen MR) is 109 cm³/mol. The molecule has 3 rings (SSSR count). The molecule has 2 aromatic rings. The van der Waals surface area contributed by atoms with E-state index >= 15 is 0 Å². The molecule has 4 nitrogen and oxygen atoms in total. The second-order valence-corrected chi connectivity index (χ2v) is 8.90. The summed E-state index contributed by atoms with van der Waals surface area (Å²) in [4.78, 5) is 19.5. The second kappa shape index (κ2) is 8.42. The highest BCUT2D eigenvalue weighted by Crippen LogP contribution is 2.24. The van der Waals surface area contributed by atoms with Crippen molar-refractivity contribution < 1.29 is 9.69 Å². The van der Waals surface area contributed by atoms with Crippen molar-refractivity contribution in [3.05, 3.63) is 50.7 Å². The van der Waals surface area contributed by atoms with Gasteiger partial charge in [-0.05, 0) is 43.2 Å². The van der Waals surface area contributed by atoms with Crippen LogP contribution < -0.4 is 9.80 Å². The molecular formula is C20H27ClN3OS+. The monoisotopic (exact) mass is 392 g/mol. The SMILES string of the molecule is Cc1cccc(N2CCN(C(=O)C[NH+](C)Cc3ccc(Cl)s3)CC2)c1C. The molecule has 1 aliphatic rings. The number of carbonyl (C=O) groups excluding carboxylic acids is 1. The van der Waals surface area contributed by atoms with Crippen LogP contribution in [0.5, 0.6) is 0 Å². The number of hydrogen-bond donors (Lipinski definition) is 1. The lowest BCUT2D eigenvalue weighted by molar-refractivity contribution is -0.885. The van der Waals surface area contributed by atoms with Crippen molar-refractivity contribution in [3.63, 3.8) is 0 Å². The van der Waals surface area contributed by atoms with Crippen molar-refractivity contribution in [2.24, 2.45) is 0 Å². The van der Waals surface area contributed by atoms with E-state index < -0.39 is 0 Å². The lowest BCUT2D eigenvalue weighted by Gasteiger charge is -2.37. The Bertz CT molecular complexity index is 768. The largest absolute Gasteiger partial charge is 0.368 e. The number of thiophene rings is 1. The van der Waals surface area contributed by atoms with E-state index in [1.165, 1.54) is 26.6 Å². The van der Waals surface area contributed by atoms with Crippen LogP contribution in [0, 0.1) is 13.8 Å². The van der Waals surface area contributed by atoms with Crippen LogP contribution in [0.1, 0.15) is 16.0 Å². The number of likely N-dealkylation sites (N-methyl/N-ethyl adjacent to an activating group) is 1. The molecule has 1 aromatic carbocycles. The van der Waals surface area contributed by atoms with Gasteiger partial charge in [0.1, 0.15) is 6.54 Å². The van der Waals surface area contributed by atoms with E-state index in [0.717, 1.165) is 37.1 Å². The molecule has 1 atom stereocenters. The Kier molecular flexibility index (Phi) is 6.22. The van der Waals surface area contributed by atoms with E-state index in [-0.39, 0.29) is 5.91 Å². The van der Waals surface area contributed by atoms with Gasteiger partial charge in [0.15, 0.2) is 6.54 Å². The number of nitrogens with zero attached hydrogens (tertiary/aromatic N) is 2. The van der Waals surface area contributed by atoms with E-state index in [1.54, 1.807) is 11.3 Å². The van der Waals surface area contributed by atoms with Gasteiger partial charge in [0.05, 0.1) is 16.3 Å². The van der Waals surface area contributed by atoms with Crippen molar-refractivity contribution in [1.82, 2.24) is 4.90 Å². The number of nitrogens with one attached hydrogen (secondary N) is 1. The molecule has 1 unspecified atom stereocenters. The van der Waals surface area contributed by atoms with Gasteiger partial charge in [0.2, 0.25) is 0 Å². The van der Waals surface area contributed by atoms with Crippen molar-refractivity contribution >= 4 is 34.5 Å². The van der Waals surface area contributed by atoms with E-state index in [9.17, 15) is 4.79 Å². The average Bonchev–Trinajstić information content (AvgIpc) is 3.02. The van der Waals surface area contributed by atoms with E-state index in [1.807, 2.05) is 17.0 Å². The number of carbonyl (C=O) groups is 1. The Morgan fingerprint density at radius 2 is 1.88 bits per heavy atom. The minimum absolute atomic E-state index is 0.241. The minimum Gasteiger partial charge on any atom is -0.368 e. The highest BCUT2D eigenvalue weighted by atomic mass is 35.5. The van der Waals surface area contributed by atoms with Crippen molar-refractivity contribution in [3.8, 4) is 0 Å². The fourth-order valence-electron chi connectivity index (χ4n) is 3.45. The van der Waals surface area contributed by atoms with Gasteiger partial charge >= 0.3 is 0 Å². The molecule has 140 valence electrons. The smallest absolute Gasteiger partial charge is 0.277 e. The topological polar surface area (TPSA) is 28.0 Å². The number of benzene rings is 1. The second-order valence-electron chi connectivity index (χ2n) is 7.10. The lowest BCUT2D eigenvalue weighted by atomic mass is 10.1. The number of rotatable bonds is 5. The van der Waals surface area contributed by atoms with Crippen LogP contribution in [0.15, 0.2) is 30.3 Å². The molecule has 1 aliphatic heterocycles. The fourth-order valence-corrected chi connectivity index (χ4v) is 4.65. The maximum Gasteiger partial charge on any atom is 0.277 e. The van der Waals surface area contributed by atoms with Crippen molar-refractivity contribution in [1.29, 1.82) is 0 Å². The van der Waals surface area contributed by atoms with Gasteiger partial charge in [-0.25, -0.2) is 0 Å². The maximum atomic E-state index is 12.6. The third-order valence-electron chi connectivity index (χ3n) is 5.11. The first kappa shape index (κ1) is 19.2. The maximum absolute atomic E-state index is 12.6. The Balaban J connectivity index is 1.51. The summed E-state index contributed by atoms with van der Waals surface area (Å²) in [6.07, 6.45) is 0. The molecule has 0 aliphatic carbocycles. The highest BCUT2D eigenvalue weighted by Gasteiger charge is 2.24. The molecule has 1 fully saturated rings. The zero-order chi connectivity index (χ0) is 18.7. The van der Waals surface area contributed by atoms with Crippen molar-refractivity contribution in [2.45, 2.75) is 20.4 Å². The molecule has 1 N–H and O–H groups in total. The summed E-state index contributed by atoms with van der Waals surface area (Å²) in [6, 6.07) is 10.4. The third kappa shape index (κ3) is 4.58. The molecule has 26 heavy (non-hydrogen) atoms. The molecule has 1 saturated heterocycles. The predicted octanol–water partition coefficient (Wildman–Crippen LogP) is 2.38. The average molecular weight is 393 g/mol. The fraction of sp³-hybridized carbons (Fsp3) is 0.450. The lowest BCUT2D eigenvalue weighted by Crippen LogP contribution is -3.08. The van der Waals surface area contributed by atoms with E-state index in [0.29, 0.717) is 6.54 Å². The Morgan fingerprint density at radius 3 is 2.54 bits per heavy atom. The summed E-state index contributed by atoms with van der Waals surface area (Å²) < 4.78 is 0.807. The number of halogens is 1. The molecule has 1 aromatic heterocycles. The Hall–Kier alpha value is -1.56. The van der Waals surface area contributed by atoms with Gasteiger partial charge in [0, 0.05) is 31.9 Å². The number of hydrogen-bond acceptors (Lipinski definition) is 3. The van der Waals surface area contributed by atoms with E-state index in [2.05, 4.69) is 44.0 Å². The number of quaternary nitrogens is 1. The summed E-state index contributed by atoms with van der Waals surface area (Å²) in [5, 5.41) is 0. The van der Waals surface area contributed by atoms with Gasteiger partial charge in [-0.2, -0.15) is 0 Å². The molecular weight excluding hydrogens is 366 g/mol. The first-order valence-corrected chi connectivity index (χ1v) is 10.3. The van der Waals surface area contributed by atoms with Crippen LogP contribution in [0.3, 0.4) is 0 Å². The van der Waals surface area contributed by atoms with Crippen LogP contribution in [0.4, 0.5) is 5.69 Å². The van der Waals surface area contributed by atoms with Crippen LogP contribution in [-0.4, -0.2) is 50.6 Å². The summed E-state index contributed by atoms with van der Waals surface area (Å²) in [5.74, 6) is 0.241. The number of piperazine rings is 1. The molecule has 6 heteroatoms. The van der Waals surface area contributed by atoms with Crippen LogP contribution in [-0.2, 0) is 11.3 Å². The minimum atomic E-state index is 0.241. The molecule has 0 bridgehead atoms. The van der Waals surface area contributed by atoms with Gasteiger partial charge < -0.3 is 14.7 Å². The van der Waals surface area contributed by atoms with Crippen molar-refractivity contribution in [2.75, 3.05) is 44.7 Å². The van der Waals surface area contributed by atoms with Crippen LogP contribution in [0.25, 0.3) is 0 Å². The summed E-state index contributed by atoms with van der Waals surface area (Å²) >= 11 is 7.58. The Labute approximate surface area is 165 Å². The summed E-state index contributed by atoms with van der Waals surface area (Å²) in [7, 11) is 2.07. The summed E-state index contributed by atoms with van der Waals surface area (Å²) in [6.45, 7) is 9.08. The normalized spacial score (nSPS) is 16.0. The summed E-state index contributed by atoms with van der Waals surface area (Å²) in [5.41, 5.74) is 3.96. The molecule has 0 saturated carbocycles. The number of anilines is 1. The first-order valence-electron chi connectivity index (χ1n) is 9.08. The number of amides is 1. The standard InChI is InChI=1S/C20H26ClN3OS/c1-15-5-4-6-18(16(15)2)23-9-11-24(12-10-23)20(25)14-22(3)13-17-7-8-19(21)26-17/h4-8H,9-14H2,1-3H3/p+1. The third-order valence-corrected chi connectivity index (χ3v) is 6.34. The molecule has 0 spiro atoms. The Morgan fingerprint density at radius 1 is 1.15 bits per heavy atom. The van der Waals surface area contributed by atoms with E-state index in [4.69, 9.17) is 11.6 Å².